The van der Waals surface area contributed by atoms with Crippen LogP contribution >= 0.6 is 27.5 Å². The lowest BCUT2D eigenvalue weighted by molar-refractivity contribution is -0.162. The number of carbonyl (C=O) groups is 1. The Kier molecular flexibility index (Phi) is 5.50. The zero-order valence-electron chi connectivity index (χ0n) is 16.0. The average Bonchev–Trinajstić information content (AvgIpc) is 2.70. The van der Waals surface area contributed by atoms with Crippen LogP contribution in [0, 0.1) is 17.7 Å². The number of rotatable bonds is 4. The van der Waals surface area contributed by atoms with E-state index in [9.17, 15) is 22.7 Å². The molecule has 0 saturated heterocycles. The lowest BCUT2D eigenvalue weighted by Gasteiger charge is -2.56. The number of amides is 1. The summed E-state index contributed by atoms with van der Waals surface area (Å²) in [5.41, 5.74) is -0.310. The lowest BCUT2D eigenvalue weighted by Crippen LogP contribution is -2.60. The first-order chi connectivity index (χ1) is 14.0. The Labute approximate surface area is 187 Å². The van der Waals surface area contributed by atoms with E-state index < -0.39 is 32.4 Å². The van der Waals surface area contributed by atoms with Crippen LogP contribution in [0.15, 0.2) is 45.8 Å². The van der Waals surface area contributed by atoms with Crippen molar-refractivity contribution in [2.75, 3.05) is 5.32 Å². The first-order valence-electron chi connectivity index (χ1n) is 9.52. The standard InChI is InChI=1S/C21H20BrClFNO4S/c1-21(27)12-7-13(21)9-15(8-12)30(28,29)19-6-11(2-4-17(19)23)20(26)25-14-3-5-18(24)16(22)10-14/h2-6,10,12-13,15,27H,7-9H2,1H3,(H,25,26). The highest BCUT2D eigenvalue weighted by Gasteiger charge is 2.57. The summed E-state index contributed by atoms with van der Waals surface area (Å²) in [5.74, 6) is -1.08. The van der Waals surface area contributed by atoms with E-state index in [1.54, 1.807) is 6.92 Å². The molecule has 2 aromatic carbocycles. The van der Waals surface area contributed by atoms with Gasteiger partial charge in [0.05, 0.1) is 25.2 Å². The van der Waals surface area contributed by atoms with E-state index in [1.165, 1.54) is 36.4 Å². The van der Waals surface area contributed by atoms with Crippen molar-refractivity contribution in [3.63, 3.8) is 0 Å². The molecule has 0 aliphatic heterocycles. The van der Waals surface area contributed by atoms with Crippen LogP contribution in [0.2, 0.25) is 5.02 Å². The number of hydrogen-bond donors (Lipinski definition) is 2. The minimum absolute atomic E-state index is 0.0433. The maximum Gasteiger partial charge on any atom is 0.255 e. The van der Waals surface area contributed by atoms with E-state index in [-0.39, 0.29) is 31.8 Å². The predicted molar refractivity (Wildman–Crippen MR) is 116 cm³/mol. The van der Waals surface area contributed by atoms with Crippen LogP contribution in [0.1, 0.15) is 36.5 Å². The summed E-state index contributed by atoms with van der Waals surface area (Å²) >= 11 is 9.26. The normalized spacial score (nSPS) is 28.0. The molecule has 2 atom stereocenters. The van der Waals surface area contributed by atoms with Gasteiger partial charge in [0.1, 0.15) is 5.82 Å². The van der Waals surface area contributed by atoms with E-state index in [0.717, 1.165) is 6.42 Å². The molecule has 3 aliphatic carbocycles. The maximum atomic E-state index is 13.4. The van der Waals surface area contributed by atoms with Gasteiger partial charge in [0.15, 0.2) is 9.84 Å². The van der Waals surface area contributed by atoms with Crippen LogP contribution in [0.3, 0.4) is 0 Å². The zero-order chi connectivity index (χ0) is 21.8. The third kappa shape index (κ3) is 3.68. The molecule has 5 nitrogen and oxygen atoms in total. The Bertz CT molecular complexity index is 1120. The van der Waals surface area contributed by atoms with Crippen molar-refractivity contribution < 1.29 is 22.7 Å². The molecular formula is C21H20BrClFNO4S. The summed E-state index contributed by atoms with van der Waals surface area (Å²) in [7, 11) is -3.77. The van der Waals surface area contributed by atoms with Gasteiger partial charge in [-0.05, 0) is 90.4 Å². The summed E-state index contributed by atoms with van der Waals surface area (Å²) < 4.78 is 40.1. The molecule has 2 N–H and O–H groups in total. The number of anilines is 1. The number of halogens is 3. The van der Waals surface area contributed by atoms with Crippen molar-refractivity contribution in [3.05, 3.63) is 57.3 Å². The van der Waals surface area contributed by atoms with E-state index >= 15 is 0 Å². The molecule has 2 bridgehead atoms. The van der Waals surface area contributed by atoms with Crippen molar-refractivity contribution in [3.8, 4) is 0 Å². The minimum atomic E-state index is -3.77. The van der Waals surface area contributed by atoms with Gasteiger partial charge in [-0.25, -0.2) is 12.8 Å². The number of sulfone groups is 1. The van der Waals surface area contributed by atoms with E-state index in [4.69, 9.17) is 11.6 Å². The molecule has 1 amide bonds. The van der Waals surface area contributed by atoms with Gasteiger partial charge in [-0.3, -0.25) is 4.79 Å². The Morgan fingerprint density at radius 1 is 1.20 bits per heavy atom. The van der Waals surface area contributed by atoms with Gasteiger partial charge < -0.3 is 10.4 Å². The van der Waals surface area contributed by atoms with Gasteiger partial charge in [0.2, 0.25) is 0 Å². The van der Waals surface area contributed by atoms with Crippen molar-refractivity contribution >= 4 is 49.0 Å². The Morgan fingerprint density at radius 3 is 2.47 bits per heavy atom. The number of carbonyl (C=O) groups excluding carboxylic acids is 1. The maximum absolute atomic E-state index is 13.4. The zero-order valence-corrected chi connectivity index (χ0v) is 19.2. The van der Waals surface area contributed by atoms with Crippen LogP contribution in [0.4, 0.5) is 10.1 Å². The molecule has 2 unspecified atom stereocenters. The van der Waals surface area contributed by atoms with Crippen molar-refractivity contribution in [1.82, 2.24) is 0 Å². The lowest BCUT2D eigenvalue weighted by atomic mass is 9.54. The molecule has 3 aliphatic rings. The number of nitrogens with one attached hydrogen (secondary N) is 1. The first kappa shape index (κ1) is 21.7. The van der Waals surface area contributed by atoms with Crippen molar-refractivity contribution in [2.24, 2.45) is 11.8 Å². The summed E-state index contributed by atoms with van der Waals surface area (Å²) in [6.45, 7) is 1.76. The van der Waals surface area contributed by atoms with Crippen molar-refractivity contribution in [2.45, 2.75) is 41.9 Å². The number of hydrogen-bond acceptors (Lipinski definition) is 4. The molecule has 160 valence electrons. The highest BCUT2D eigenvalue weighted by molar-refractivity contribution is 9.10. The van der Waals surface area contributed by atoms with Gasteiger partial charge in [0, 0.05) is 11.3 Å². The molecule has 5 rings (SSSR count). The van der Waals surface area contributed by atoms with Crippen LogP contribution in [-0.2, 0) is 9.84 Å². The van der Waals surface area contributed by atoms with Crippen LogP contribution in [0.25, 0.3) is 0 Å². The predicted octanol–water partition coefficient (Wildman–Crippen LogP) is 4.82. The molecule has 2 aromatic rings. The van der Waals surface area contributed by atoms with Gasteiger partial charge in [-0.1, -0.05) is 11.6 Å². The molecule has 9 heteroatoms. The number of benzene rings is 2. The highest BCUT2D eigenvalue weighted by Crippen LogP contribution is 2.55. The molecule has 0 spiro atoms. The van der Waals surface area contributed by atoms with Crippen LogP contribution < -0.4 is 5.32 Å². The second kappa shape index (κ2) is 7.58. The fourth-order valence-electron chi connectivity index (χ4n) is 4.47. The Morgan fingerprint density at radius 2 is 1.87 bits per heavy atom. The topological polar surface area (TPSA) is 83.5 Å². The van der Waals surface area contributed by atoms with E-state index in [0.29, 0.717) is 18.5 Å². The van der Waals surface area contributed by atoms with Crippen LogP contribution in [-0.4, -0.2) is 30.3 Å². The third-order valence-corrected chi connectivity index (χ3v) is 9.70. The summed E-state index contributed by atoms with van der Waals surface area (Å²) in [4.78, 5) is 12.5. The second-order valence-corrected chi connectivity index (χ2v) is 11.7. The van der Waals surface area contributed by atoms with E-state index in [1.807, 2.05) is 0 Å². The smallest absolute Gasteiger partial charge is 0.255 e. The van der Waals surface area contributed by atoms with Gasteiger partial charge in [-0.2, -0.15) is 0 Å². The van der Waals surface area contributed by atoms with Gasteiger partial charge >= 0.3 is 0 Å². The summed E-state index contributed by atoms with van der Waals surface area (Å²) in [6.07, 6.45) is 1.59. The summed E-state index contributed by atoms with van der Waals surface area (Å²) in [6, 6.07) is 8.15. The largest absolute Gasteiger partial charge is 0.390 e. The molecule has 0 aromatic heterocycles. The quantitative estimate of drug-likeness (QED) is 0.610. The molecule has 30 heavy (non-hydrogen) atoms. The fourth-order valence-corrected chi connectivity index (χ4v) is 7.25. The fraction of sp³-hybridized carbons (Fsp3) is 0.381. The van der Waals surface area contributed by atoms with Crippen molar-refractivity contribution in [1.29, 1.82) is 0 Å². The minimum Gasteiger partial charge on any atom is -0.390 e. The van der Waals surface area contributed by atoms with E-state index in [2.05, 4.69) is 21.2 Å². The molecule has 0 radical (unpaired) electrons. The monoisotopic (exact) mass is 515 g/mol. The molecular weight excluding hydrogens is 497 g/mol. The Hall–Kier alpha value is -1.48. The Balaban J connectivity index is 1.58. The van der Waals surface area contributed by atoms with Gasteiger partial charge in [-0.15, -0.1) is 0 Å². The molecule has 3 saturated carbocycles. The second-order valence-electron chi connectivity index (χ2n) is 8.22. The molecule has 3 fully saturated rings. The third-order valence-electron chi connectivity index (χ3n) is 6.43. The highest BCUT2D eigenvalue weighted by atomic mass is 79.9. The first-order valence-corrected chi connectivity index (χ1v) is 12.2. The summed E-state index contributed by atoms with van der Waals surface area (Å²) in [5, 5.41) is 12.4. The number of fused-ring (bicyclic) bond motifs is 2. The SMILES string of the molecule is CC1(O)C2CC1CC(S(=O)(=O)c1cc(C(=O)Nc3ccc(F)c(Br)c3)ccc1Cl)C2. The number of aliphatic hydroxyl groups is 1. The average molecular weight is 517 g/mol. The van der Waals surface area contributed by atoms with Gasteiger partial charge in [0.25, 0.3) is 5.91 Å². The van der Waals surface area contributed by atoms with Crippen LogP contribution in [0.5, 0.6) is 0 Å². The molecule has 0 heterocycles.